The third-order valence-corrected chi connectivity index (χ3v) is 1.89. The van der Waals surface area contributed by atoms with Crippen molar-refractivity contribution in [3.8, 4) is 18.1 Å². The van der Waals surface area contributed by atoms with Crippen molar-refractivity contribution in [2.45, 2.75) is 0 Å². The van der Waals surface area contributed by atoms with Gasteiger partial charge in [-0.05, 0) is 17.4 Å². The van der Waals surface area contributed by atoms with Crippen molar-refractivity contribution in [3.05, 3.63) is 32.8 Å². The van der Waals surface area contributed by atoms with Crippen LogP contribution >= 0.6 is 11.6 Å². The SMILES string of the molecule is C#CCN=Cc1cc(Cl)cc([N+](=O)[O-])c1[O-]. The molecule has 0 bridgehead atoms. The second kappa shape index (κ2) is 5.14. The van der Waals surface area contributed by atoms with Gasteiger partial charge in [-0.1, -0.05) is 17.5 Å². The molecule has 0 saturated carbocycles. The topological polar surface area (TPSA) is 78.6 Å². The van der Waals surface area contributed by atoms with Crippen molar-refractivity contribution in [2.75, 3.05) is 6.54 Å². The summed E-state index contributed by atoms with van der Waals surface area (Å²) in [6.07, 6.45) is 6.14. The summed E-state index contributed by atoms with van der Waals surface area (Å²) in [6, 6.07) is 2.30. The normalized spacial score (nSPS) is 10.2. The highest BCUT2D eigenvalue weighted by Gasteiger charge is 2.10. The molecule has 1 aromatic carbocycles. The maximum atomic E-state index is 11.5. The van der Waals surface area contributed by atoms with E-state index < -0.39 is 16.4 Å². The largest absolute Gasteiger partial charge is 0.867 e. The van der Waals surface area contributed by atoms with Crippen LogP contribution in [0.4, 0.5) is 5.69 Å². The second-order valence-corrected chi connectivity index (χ2v) is 3.21. The number of rotatable bonds is 3. The third kappa shape index (κ3) is 2.72. The zero-order chi connectivity index (χ0) is 12.1. The molecular formula is C10H6ClN2O3-. The van der Waals surface area contributed by atoms with E-state index in [0.717, 1.165) is 6.07 Å². The van der Waals surface area contributed by atoms with E-state index in [2.05, 4.69) is 10.9 Å². The highest BCUT2D eigenvalue weighted by Crippen LogP contribution is 2.29. The fraction of sp³-hybridized carbons (Fsp3) is 0.100. The van der Waals surface area contributed by atoms with Crippen LogP contribution in [0.1, 0.15) is 5.56 Å². The molecule has 1 aromatic rings. The third-order valence-electron chi connectivity index (χ3n) is 1.67. The van der Waals surface area contributed by atoms with Crippen molar-refractivity contribution in [1.29, 1.82) is 0 Å². The summed E-state index contributed by atoms with van der Waals surface area (Å²) in [4.78, 5) is 13.5. The van der Waals surface area contributed by atoms with Crippen LogP contribution in [-0.4, -0.2) is 17.7 Å². The number of halogens is 1. The highest BCUT2D eigenvalue weighted by atomic mass is 35.5. The summed E-state index contributed by atoms with van der Waals surface area (Å²) in [5.41, 5.74) is -0.524. The summed E-state index contributed by atoms with van der Waals surface area (Å²) in [6.45, 7) is 0.0970. The van der Waals surface area contributed by atoms with Crippen LogP contribution in [0, 0.1) is 22.5 Å². The van der Waals surface area contributed by atoms with E-state index in [-0.39, 0.29) is 17.1 Å². The molecule has 0 fully saturated rings. The van der Waals surface area contributed by atoms with Gasteiger partial charge in [-0.2, -0.15) is 0 Å². The summed E-state index contributed by atoms with van der Waals surface area (Å²) in [5, 5.41) is 22.1. The average molecular weight is 238 g/mol. The molecular weight excluding hydrogens is 232 g/mol. The first kappa shape index (κ1) is 12.0. The van der Waals surface area contributed by atoms with E-state index in [4.69, 9.17) is 18.0 Å². The predicted octanol–water partition coefficient (Wildman–Crippen LogP) is 1.37. The second-order valence-electron chi connectivity index (χ2n) is 2.77. The van der Waals surface area contributed by atoms with Gasteiger partial charge in [0.2, 0.25) is 0 Å². The number of hydrogen-bond acceptors (Lipinski definition) is 4. The lowest BCUT2D eigenvalue weighted by Gasteiger charge is -2.10. The fourth-order valence-corrected chi connectivity index (χ4v) is 1.25. The van der Waals surface area contributed by atoms with Crippen molar-refractivity contribution in [3.63, 3.8) is 0 Å². The molecule has 1 rings (SSSR count). The van der Waals surface area contributed by atoms with Gasteiger partial charge >= 0.3 is 0 Å². The Labute approximate surface area is 96.5 Å². The monoisotopic (exact) mass is 237 g/mol. The smallest absolute Gasteiger partial charge is 0.263 e. The molecule has 0 aliphatic carbocycles. The first-order chi connectivity index (χ1) is 7.56. The minimum Gasteiger partial charge on any atom is -0.867 e. The van der Waals surface area contributed by atoms with Gasteiger partial charge in [-0.15, -0.1) is 6.42 Å². The molecule has 0 heterocycles. The predicted molar refractivity (Wildman–Crippen MR) is 58.8 cm³/mol. The van der Waals surface area contributed by atoms with Gasteiger partial charge in [0.05, 0.1) is 11.5 Å². The molecule has 0 aromatic heterocycles. The van der Waals surface area contributed by atoms with E-state index >= 15 is 0 Å². The highest BCUT2D eigenvalue weighted by molar-refractivity contribution is 6.31. The van der Waals surface area contributed by atoms with Crippen LogP contribution in [0.3, 0.4) is 0 Å². The van der Waals surface area contributed by atoms with Crippen molar-refractivity contribution < 1.29 is 10.0 Å². The quantitative estimate of drug-likeness (QED) is 0.345. The number of hydrogen-bond donors (Lipinski definition) is 0. The molecule has 0 amide bonds. The number of nitro groups is 1. The Morgan fingerprint density at radius 1 is 1.62 bits per heavy atom. The number of benzene rings is 1. The van der Waals surface area contributed by atoms with Crippen LogP contribution in [0.15, 0.2) is 17.1 Å². The number of terminal acetylenes is 1. The molecule has 0 atom stereocenters. The first-order valence-corrected chi connectivity index (χ1v) is 4.52. The molecule has 0 spiro atoms. The van der Waals surface area contributed by atoms with Crippen LogP contribution < -0.4 is 5.11 Å². The van der Waals surface area contributed by atoms with Gasteiger partial charge < -0.3 is 5.11 Å². The Morgan fingerprint density at radius 2 is 2.31 bits per heavy atom. The lowest BCUT2D eigenvalue weighted by Crippen LogP contribution is -2.02. The van der Waals surface area contributed by atoms with Crippen LogP contribution in [-0.2, 0) is 0 Å². The van der Waals surface area contributed by atoms with Gasteiger partial charge in [-0.25, -0.2) is 0 Å². The molecule has 82 valence electrons. The van der Waals surface area contributed by atoms with Gasteiger partial charge in [0, 0.05) is 17.3 Å². The van der Waals surface area contributed by atoms with E-state index in [9.17, 15) is 15.2 Å². The zero-order valence-corrected chi connectivity index (χ0v) is 8.77. The maximum Gasteiger partial charge on any atom is 0.263 e. The molecule has 0 aliphatic rings. The summed E-state index contributed by atoms with van der Waals surface area (Å²) in [7, 11) is 0. The summed E-state index contributed by atoms with van der Waals surface area (Å²) in [5.74, 6) is 1.52. The molecule has 0 unspecified atom stereocenters. The van der Waals surface area contributed by atoms with Gasteiger partial charge in [0.25, 0.3) is 5.69 Å². The Balaban J connectivity index is 3.20. The Kier molecular flexibility index (Phi) is 3.86. The number of aliphatic imine (C=N–C) groups is 1. The van der Waals surface area contributed by atoms with Gasteiger partial charge in [0.1, 0.15) is 0 Å². The maximum absolute atomic E-state index is 11.5. The molecule has 0 N–H and O–H groups in total. The fourth-order valence-electron chi connectivity index (χ4n) is 1.03. The summed E-state index contributed by atoms with van der Waals surface area (Å²) < 4.78 is 0. The number of nitrogens with zero attached hydrogens (tertiary/aromatic N) is 2. The van der Waals surface area contributed by atoms with Crippen LogP contribution in [0.2, 0.25) is 5.02 Å². The molecule has 6 heteroatoms. The molecule has 0 saturated heterocycles. The minimum absolute atomic E-state index is 0.0504. The van der Waals surface area contributed by atoms with Gasteiger partial charge in [-0.3, -0.25) is 15.1 Å². The van der Waals surface area contributed by atoms with E-state index in [1.807, 2.05) is 0 Å². The average Bonchev–Trinajstić information content (AvgIpc) is 2.22. The minimum atomic E-state index is -0.785. The standard InChI is InChI=1S/C10H7ClN2O3/c1-2-3-12-6-7-4-8(11)5-9(10(7)14)13(15)16/h1,4-6,14H,3H2/p-1. The van der Waals surface area contributed by atoms with Gasteiger partial charge in [0.15, 0.2) is 0 Å². The Morgan fingerprint density at radius 3 is 2.88 bits per heavy atom. The summed E-state index contributed by atoms with van der Waals surface area (Å²) >= 11 is 5.63. The van der Waals surface area contributed by atoms with Crippen LogP contribution in [0.5, 0.6) is 5.75 Å². The molecule has 0 aliphatic heterocycles. The van der Waals surface area contributed by atoms with Crippen molar-refractivity contribution in [2.24, 2.45) is 4.99 Å². The number of nitro benzene ring substituents is 1. The Hall–Kier alpha value is -2.06. The molecule has 0 radical (unpaired) electrons. The van der Waals surface area contributed by atoms with Crippen LogP contribution in [0.25, 0.3) is 0 Å². The zero-order valence-electron chi connectivity index (χ0n) is 8.01. The first-order valence-electron chi connectivity index (χ1n) is 4.14. The molecule has 5 nitrogen and oxygen atoms in total. The lowest BCUT2D eigenvalue weighted by molar-refractivity contribution is -0.398. The van der Waals surface area contributed by atoms with Crippen molar-refractivity contribution >= 4 is 23.5 Å². The lowest BCUT2D eigenvalue weighted by atomic mass is 10.2. The van der Waals surface area contributed by atoms with Crippen molar-refractivity contribution in [1.82, 2.24) is 0 Å². The molecule has 16 heavy (non-hydrogen) atoms. The van der Waals surface area contributed by atoms with E-state index in [1.54, 1.807) is 0 Å². The van der Waals surface area contributed by atoms with E-state index in [0.29, 0.717) is 0 Å². The van der Waals surface area contributed by atoms with E-state index in [1.165, 1.54) is 12.3 Å². The Bertz CT molecular complexity index is 492.